The number of benzene rings is 2. The number of nitrogens with two attached hydrogens (primary N) is 1. The first kappa shape index (κ1) is 13.1. The van der Waals surface area contributed by atoms with E-state index < -0.39 is 6.04 Å². The molecular weight excluding hydrogens is 249 g/mol. The fourth-order valence-corrected chi connectivity index (χ4v) is 2.31. The average molecular weight is 264 g/mol. The van der Waals surface area contributed by atoms with Crippen molar-refractivity contribution in [3.63, 3.8) is 0 Å². The van der Waals surface area contributed by atoms with Gasteiger partial charge in [-0.05, 0) is 37.1 Å². The Balaban J connectivity index is 2.47. The van der Waals surface area contributed by atoms with Crippen LogP contribution < -0.4 is 5.73 Å². The molecule has 2 N–H and O–H groups in total. The maximum absolute atomic E-state index is 13.8. The fourth-order valence-electron chi connectivity index (χ4n) is 1.95. The average Bonchev–Trinajstić information content (AvgIpc) is 2.31. The third-order valence-electron chi connectivity index (χ3n) is 2.98. The number of hydrogen-bond donors (Lipinski definition) is 1. The standard InChI is InChI=1S/C15H15ClFN/c1-9-4-6-14(17)12(7-9)15(18)11-5-3-10(2)8-13(11)16/h3-8,15H,18H2,1-2H3. The molecule has 0 heterocycles. The first-order valence-electron chi connectivity index (χ1n) is 5.76. The van der Waals surface area contributed by atoms with Gasteiger partial charge in [0.1, 0.15) is 5.82 Å². The maximum Gasteiger partial charge on any atom is 0.128 e. The van der Waals surface area contributed by atoms with Crippen LogP contribution in [-0.2, 0) is 0 Å². The van der Waals surface area contributed by atoms with Crippen molar-refractivity contribution in [3.05, 3.63) is 69.5 Å². The zero-order valence-corrected chi connectivity index (χ0v) is 11.1. The van der Waals surface area contributed by atoms with Crippen LogP contribution in [0.15, 0.2) is 36.4 Å². The van der Waals surface area contributed by atoms with Crippen molar-refractivity contribution in [2.45, 2.75) is 19.9 Å². The molecule has 0 amide bonds. The molecule has 0 saturated heterocycles. The first-order chi connectivity index (χ1) is 8.49. The lowest BCUT2D eigenvalue weighted by Gasteiger charge is -2.16. The van der Waals surface area contributed by atoms with E-state index in [0.717, 1.165) is 16.7 Å². The van der Waals surface area contributed by atoms with E-state index in [-0.39, 0.29) is 5.82 Å². The third kappa shape index (κ3) is 2.55. The highest BCUT2D eigenvalue weighted by atomic mass is 35.5. The van der Waals surface area contributed by atoms with Gasteiger partial charge in [0.25, 0.3) is 0 Å². The Hall–Kier alpha value is -1.38. The lowest BCUT2D eigenvalue weighted by Crippen LogP contribution is -2.14. The molecule has 0 spiro atoms. The normalized spacial score (nSPS) is 12.5. The summed E-state index contributed by atoms with van der Waals surface area (Å²) in [5, 5.41) is 0.573. The van der Waals surface area contributed by atoms with E-state index in [1.54, 1.807) is 12.1 Å². The highest BCUT2D eigenvalue weighted by Gasteiger charge is 2.16. The van der Waals surface area contributed by atoms with E-state index in [9.17, 15) is 4.39 Å². The van der Waals surface area contributed by atoms with Gasteiger partial charge >= 0.3 is 0 Å². The minimum absolute atomic E-state index is 0.301. The Kier molecular flexibility index (Phi) is 3.69. The fraction of sp³-hybridized carbons (Fsp3) is 0.200. The molecule has 1 nitrogen and oxygen atoms in total. The Labute approximate surface area is 111 Å². The molecule has 2 aromatic carbocycles. The van der Waals surface area contributed by atoms with Crippen molar-refractivity contribution >= 4 is 11.6 Å². The quantitative estimate of drug-likeness (QED) is 0.866. The highest BCUT2D eigenvalue weighted by molar-refractivity contribution is 6.31. The van der Waals surface area contributed by atoms with E-state index in [0.29, 0.717) is 10.6 Å². The maximum atomic E-state index is 13.8. The molecule has 0 aliphatic rings. The molecule has 0 aromatic heterocycles. The number of aryl methyl sites for hydroxylation is 2. The van der Waals surface area contributed by atoms with Crippen molar-refractivity contribution in [3.8, 4) is 0 Å². The predicted molar refractivity (Wildman–Crippen MR) is 73.4 cm³/mol. The molecule has 18 heavy (non-hydrogen) atoms. The van der Waals surface area contributed by atoms with Crippen LogP contribution in [-0.4, -0.2) is 0 Å². The summed E-state index contributed by atoms with van der Waals surface area (Å²) in [5.41, 5.74) is 9.36. The smallest absolute Gasteiger partial charge is 0.128 e. The number of halogens is 2. The third-order valence-corrected chi connectivity index (χ3v) is 3.30. The molecule has 1 unspecified atom stereocenters. The number of hydrogen-bond acceptors (Lipinski definition) is 1. The van der Waals surface area contributed by atoms with E-state index >= 15 is 0 Å². The molecular formula is C15H15ClFN. The van der Waals surface area contributed by atoms with Crippen molar-refractivity contribution in [1.29, 1.82) is 0 Å². The Morgan fingerprint density at radius 3 is 2.28 bits per heavy atom. The Morgan fingerprint density at radius 2 is 1.61 bits per heavy atom. The van der Waals surface area contributed by atoms with Crippen LogP contribution >= 0.6 is 11.6 Å². The predicted octanol–water partition coefficient (Wildman–Crippen LogP) is 4.14. The molecule has 2 rings (SSSR count). The second kappa shape index (κ2) is 5.09. The summed E-state index contributed by atoms with van der Waals surface area (Å²) in [6.07, 6.45) is 0. The molecule has 0 fully saturated rings. The first-order valence-corrected chi connectivity index (χ1v) is 6.14. The van der Waals surface area contributed by atoms with Crippen molar-refractivity contribution in [1.82, 2.24) is 0 Å². The van der Waals surface area contributed by atoms with Gasteiger partial charge in [-0.1, -0.05) is 41.4 Å². The topological polar surface area (TPSA) is 26.0 Å². The van der Waals surface area contributed by atoms with Gasteiger partial charge in [-0.25, -0.2) is 4.39 Å². The summed E-state index contributed by atoms with van der Waals surface area (Å²) in [7, 11) is 0. The molecule has 2 aromatic rings. The summed E-state index contributed by atoms with van der Waals surface area (Å²) in [5.74, 6) is -0.301. The van der Waals surface area contributed by atoms with E-state index in [1.165, 1.54) is 6.07 Å². The van der Waals surface area contributed by atoms with Gasteiger partial charge in [-0.15, -0.1) is 0 Å². The van der Waals surface area contributed by atoms with Crippen LogP contribution in [0.2, 0.25) is 5.02 Å². The van der Waals surface area contributed by atoms with Crippen LogP contribution in [0.25, 0.3) is 0 Å². The van der Waals surface area contributed by atoms with Crippen molar-refractivity contribution in [2.75, 3.05) is 0 Å². The molecule has 0 aliphatic carbocycles. The second-order valence-electron chi connectivity index (χ2n) is 4.53. The molecule has 0 saturated carbocycles. The van der Waals surface area contributed by atoms with Crippen LogP contribution in [0.5, 0.6) is 0 Å². The zero-order valence-electron chi connectivity index (χ0n) is 10.4. The highest BCUT2D eigenvalue weighted by Crippen LogP contribution is 2.29. The molecule has 0 radical (unpaired) electrons. The summed E-state index contributed by atoms with van der Waals surface area (Å²) >= 11 is 6.16. The van der Waals surface area contributed by atoms with Gasteiger partial charge < -0.3 is 5.73 Å². The van der Waals surface area contributed by atoms with Crippen LogP contribution in [0.4, 0.5) is 4.39 Å². The summed E-state index contributed by atoms with van der Waals surface area (Å²) in [6, 6.07) is 9.99. The summed E-state index contributed by atoms with van der Waals surface area (Å²) < 4.78 is 13.8. The molecule has 94 valence electrons. The van der Waals surface area contributed by atoms with Gasteiger partial charge in [0, 0.05) is 10.6 Å². The van der Waals surface area contributed by atoms with Crippen LogP contribution in [0, 0.1) is 19.7 Å². The lowest BCUT2D eigenvalue weighted by atomic mass is 9.97. The molecule has 3 heteroatoms. The minimum atomic E-state index is -0.544. The summed E-state index contributed by atoms with van der Waals surface area (Å²) in [6.45, 7) is 3.86. The van der Waals surface area contributed by atoms with Crippen LogP contribution in [0.1, 0.15) is 28.3 Å². The largest absolute Gasteiger partial charge is 0.320 e. The van der Waals surface area contributed by atoms with Crippen molar-refractivity contribution in [2.24, 2.45) is 5.73 Å². The summed E-state index contributed by atoms with van der Waals surface area (Å²) in [4.78, 5) is 0. The monoisotopic (exact) mass is 263 g/mol. The Bertz CT molecular complexity index is 581. The minimum Gasteiger partial charge on any atom is -0.320 e. The molecule has 0 bridgehead atoms. The van der Waals surface area contributed by atoms with Gasteiger partial charge in [0.05, 0.1) is 6.04 Å². The van der Waals surface area contributed by atoms with E-state index in [4.69, 9.17) is 17.3 Å². The zero-order chi connectivity index (χ0) is 13.3. The second-order valence-corrected chi connectivity index (χ2v) is 4.93. The van der Waals surface area contributed by atoms with Crippen LogP contribution in [0.3, 0.4) is 0 Å². The molecule has 0 aliphatic heterocycles. The van der Waals surface area contributed by atoms with E-state index in [2.05, 4.69) is 0 Å². The number of rotatable bonds is 2. The van der Waals surface area contributed by atoms with Gasteiger partial charge in [0.2, 0.25) is 0 Å². The molecule has 1 atom stereocenters. The van der Waals surface area contributed by atoms with Gasteiger partial charge in [0.15, 0.2) is 0 Å². The lowest BCUT2D eigenvalue weighted by molar-refractivity contribution is 0.599. The Morgan fingerprint density at radius 1 is 1.00 bits per heavy atom. The SMILES string of the molecule is Cc1ccc(C(N)c2cc(C)ccc2F)c(Cl)c1. The van der Waals surface area contributed by atoms with Crippen molar-refractivity contribution < 1.29 is 4.39 Å². The van der Waals surface area contributed by atoms with E-state index in [1.807, 2.05) is 32.0 Å². The van der Waals surface area contributed by atoms with Gasteiger partial charge in [-0.3, -0.25) is 0 Å². The van der Waals surface area contributed by atoms with Gasteiger partial charge in [-0.2, -0.15) is 0 Å².